The summed E-state index contributed by atoms with van der Waals surface area (Å²) in [5, 5.41) is 12.0. The van der Waals surface area contributed by atoms with Gasteiger partial charge in [-0.25, -0.2) is 18.5 Å². The molecule has 0 aliphatic carbocycles. The fourth-order valence-electron chi connectivity index (χ4n) is 3.78. The molecule has 0 amide bonds. The van der Waals surface area contributed by atoms with E-state index in [0.29, 0.717) is 16.1 Å². The van der Waals surface area contributed by atoms with E-state index in [9.17, 15) is 16.8 Å². The number of fused-ring (bicyclic) bond motifs is 1. The molecule has 2 heterocycles. The first kappa shape index (κ1) is 26.4. The van der Waals surface area contributed by atoms with Crippen LogP contribution in [0.3, 0.4) is 0 Å². The highest BCUT2D eigenvalue weighted by Gasteiger charge is 2.37. The Hall–Kier alpha value is -3.20. The fraction of sp³-hybridized carbons (Fsp3) is 0.125. The fourth-order valence-corrected chi connectivity index (χ4v) is 7.38. The molecule has 0 bridgehead atoms. The Morgan fingerprint density at radius 2 is 1.68 bits per heavy atom. The van der Waals surface area contributed by atoms with E-state index in [1.165, 1.54) is 11.3 Å². The number of nitrogens with zero attached hydrogens (tertiary/aromatic N) is 3. The number of sulfone groups is 1. The van der Waals surface area contributed by atoms with Gasteiger partial charge in [0, 0.05) is 5.02 Å². The standard InChI is InChI=1S/C24H20ClN5O5S3/c25-18-9-6-15(7-10-18)14-37(31,32)22(23-30-29-21(35-23)13-27-38(26,33)34)24-28-19-11-8-17(12-20(19)36-24)16-4-2-1-3-5-16/h1-12,22,27H,13-14H2,(H2,26,33,34). The third-order valence-electron chi connectivity index (χ3n) is 5.51. The van der Waals surface area contributed by atoms with Crippen molar-refractivity contribution in [2.24, 2.45) is 5.14 Å². The molecule has 38 heavy (non-hydrogen) atoms. The summed E-state index contributed by atoms with van der Waals surface area (Å²) in [4.78, 5) is 4.60. The van der Waals surface area contributed by atoms with Crippen molar-refractivity contribution in [2.75, 3.05) is 0 Å². The molecule has 0 spiro atoms. The molecular formula is C24H20ClN5O5S3. The molecule has 3 aromatic carbocycles. The zero-order valence-corrected chi connectivity index (χ0v) is 22.7. The third kappa shape index (κ3) is 6.09. The Morgan fingerprint density at radius 1 is 0.947 bits per heavy atom. The number of hydrogen-bond acceptors (Lipinski definition) is 9. The monoisotopic (exact) mass is 589 g/mol. The number of benzene rings is 3. The van der Waals surface area contributed by atoms with Crippen LogP contribution in [0.2, 0.25) is 5.02 Å². The maximum atomic E-state index is 13.8. The lowest BCUT2D eigenvalue weighted by Crippen LogP contribution is -2.30. The second-order valence-corrected chi connectivity index (χ2v) is 13.3. The lowest BCUT2D eigenvalue weighted by atomic mass is 10.1. The van der Waals surface area contributed by atoms with Gasteiger partial charge >= 0.3 is 0 Å². The van der Waals surface area contributed by atoms with Crippen LogP contribution in [-0.2, 0) is 32.3 Å². The minimum atomic E-state index is -4.02. The highest BCUT2D eigenvalue weighted by molar-refractivity contribution is 7.91. The van der Waals surface area contributed by atoms with Gasteiger partial charge in [-0.3, -0.25) is 0 Å². The van der Waals surface area contributed by atoms with Crippen molar-refractivity contribution in [3.05, 3.63) is 100 Å². The number of aromatic nitrogens is 3. The predicted octanol–water partition coefficient (Wildman–Crippen LogP) is 4.00. The van der Waals surface area contributed by atoms with Gasteiger partial charge < -0.3 is 4.42 Å². The number of thiazole rings is 1. The SMILES string of the molecule is NS(=O)(=O)NCc1nnc(C(c2nc3ccc(-c4ccccc4)cc3s2)S(=O)(=O)Cc2ccc(Cl)cc2)o1. The molecule has 0 fully saturated rings. The molecular weight excluding hydrogens is 570 g/mol. The molecule has 5 aromatic rings. The van der Waals surface area contributed by atoms with Crippen LogP contribution in [-0.4, -0.2) is 32.0 Å². The van der Waals surface area contributed by atoms with Crippen LogP contribution >= 0.6 is 22.9 Å². The Labute approximate surface area is 227 Å². The van der Waals surface area contributed by atoms with Crippen LogP contribution in [0.5, 0.6) is 0 Å². The summed E-state index contributed by atoms with van der Waals surface area (Å²) < 4.78 is 58.4. The molecule has 14 heteroatoms. The van der Waals surface area contributed by atoms with E-state index in [0.717, 1.165) is 15.8 Å². The predicted molar refractivity (Wildman–Crippen MR) is 145 cm³/mol. The van der Waals surface area contributed by atoms with Crippen molar-refractivity contribution >= 4 is 53.2 Å². The largest absolute Gasteiger partial charge is 0.422 e. The first-order valence-electron chi connectivity index (χ1n) is 11.1. The van der Waals surface area contributed by atoms with E-state index in [1.807, 2.05) is 53.3 Å². The van der Waals surface area contributed by atoms with Crippen molar-refractivity contribution in [3.63, 3.8) is 0 Å². The molecule has 0 saturated carbocycles. The van der Waals surface area contributed by atoms with Crippen molar-refractivity contribution in [1.29, 1.82) is 0 Å². The normalized spacial score (nSPS) is 13.1. The van der Waals surface area contributed by atoms with Crippen molar-refractivity contribution in [2.45, 2.75) is 17.5 Å². The molecule has 10 nitrogen and oxygen atoms in total. The summed E-state index contributed by atoms with van der Waals surface area (Å²) in [7, 11) is -8.01. The highest BCUT2D eigenvalue weighted by Crippen LogP contribution is 2.38. The summed E-state index contributed by atoms with van der Waals surface area (Å²) in [6.45, 7) is -0.393. The smallest absolute Gasteiger partial charge is 0.274 e. The van der Waals surface area contributed by atoms with Gasteiger partial charge in [0.1, 0.15) is 5.01 Å². The average molecular weight is 590 g/mol. The minimum Gasteiger partial charge on any atom is -0.422 e. The quantitative estimate of drug-likeness (QED) is 0.261. The lowest BCUT2D eigenvalue weighted by Gasteiger charge is -2.12. The Kier molecular flexibility index (Phi) is 7.31. The third-order valence-corrected chi connectivity index (χ3v) is 9.42. The van der Waals surface area contributed by atoms with Gasteiger partial charge in [0.25, 0.3) is 10.2 Å². The van der Waals surface area contributed by atoms with Crippen LogP contribution in [0.25, 0.3) is 21.3 Å². The molecule has 0 saturated heterocycles. The molecule has 0 radical (unpaired) electrons. The molecule has 196 valence electrons. The van der Waals surface area contributed by atoms with Crippen LogP contribution in [0.4, 0.5) is 0 Å². The van der Waals surface area contributed by atoms with Crippen molar-refractivity contribution in [3.8, 4) is 11.1 Å². The summed E-state index contributed by atoms with van der Waals surface area (Å²) in [5.41, 5.74) is 3.11. The summed E-state index contributed by atoms with van der Waals surface area (Å²) in [6.07, 6.45) is 0. The molecule has 3 N–H and O–H groups in total. The number of nitrogens with one attached hydrogen (secondary N) is 1. The maximum absolute atomic E-state index is 13.8. The number of nitrogens with two attached hydrogens (primary N) is 1. The van der Waals surface area contributed by atoms with E-state index >= 15 is 0 Å². The zero-order valence-electron chi connectivity index (χ0n) is 19.5. The van der Waals surface area contributed by atoms with Crippen molar-refractivity contribution in [1.82, 2.24) is 19.9 Å². The average Bonchev–Trinajstić information content (AvgIpc) is 3.50. The zero-order chi connectivity index (χ0) is 26.9. The first-order chi connectivity index (χ1) is 18.1. The Bertz CT molecular complexity index is 1810. The van der Waals surface area contributed by atoms with E-state index in [1.54, 1.807) is 24.3 Å². The van der Waals surface area contributed by atoms with Crippen LogP contribution in [0.15, 0.2) is 77.2 Å². The van der Waals surface area contributed by atoms with Gasteiger partial charge in [-0.2, -0.15) is 13.1 Å². The summed E-state index contributed by atoms with van der Waals surface area (Å²) in [6, 6.07) is 21.9. The second kappa shape index (κ2) is 10.5. The van der Waals surface area contributed by atoms with Gasteiger partial charge in [0.2, 0.25) is 11.8 Å². The van der Waals surface area contributed by atoms with Gasteiger partial charge in [-0.1, -0.05) is 60.1 Å². The van der Waals surface area contributed by atoms with E-state index in [-0.39, 0.29) is 22.5 Å². The second-order valence-electron chi connectivity index (χ2n) is 8.31. The van der Waals surface area contributed by atoms with Crippen LogP contribution in [0.1, 0.15) is 27.6 Å². The topological polar surface area (TPSA) is 158 Å². The molecule has 5 rings (SSSR count). The molecule has 1 atom stereocenters. The van der Waals surface area contributed by atoms with E-state index < -0.39 is 31.8 Å². The number of hydrogen-bond donors (Lipinski definition) is 2. The van der Waals surface area contributed by atoms with Gasteiger partial charge in [0.05, 0.1) is 22.5 Å². The van der Waals surface area contributed by atoms with E-state index in [4.69, 9.17) is 21.2 Å². The highest BCUT2D eigenvalue weighted by atomic mass is 35.5. The maximum Gasteiger partial charge on any atom is 0.274 e. The molecule has 0 aliphatic rings. The molecule has 1 unspecified atom stereocenters. The number of rotatable bonds is 9. The Balaban J connectivity index is 1.56. The van der Waals surface area contributed by atoms with Crippen LogP contribution < -0.4 is 9.86 Å². The van der Waals surface area contributed by atoms with Crippen LogP contribution in [0, 0.1) is 0 Å². The van der Waals surface area contributed by atoms with Gasteiger partial charge in [-0.05, 0) is 41.0 Å². The summed E-state index contributed by atoms with van der Waals surface area (Å²) >= 11 is 7.16. The Morgan fingerprint density at radius 3 is 2.39 bits per heavy atom. The molecule has 2 aromatic heterocycles. The minimum absolute atomic E-state index is 0.145. The van der Waals surface area contributed by atoms with Crippen molar-refractivity contribution < 1.29 is 21.3 Å². The van der Waals surface area contributed by atoms with Gasteiger partial charge in [0.15, 0.2) is 15.1 Å². The summed E-state index contributed by atoms with van der Waals surface area (Å²) in [5.74, 6) is -0.714. The van der Waals surface area contributed by atoms with Gasteiger partial charge in [-0.15, -0.1) is 21.5 Å². The first-order valence-corrected chi connectivity index (χ1v) is 15.5. The van der Waals surface area contributed by atoms with E-state index in [2.05, 4.69) is 15.2 Å². The molecule has 0 aliphatic heterocycles. The number of halogens is 1. The lowest BCUT2D eigenvalue weighted by molar-refractivity contribution is 0.443.